The first-order valence-corrected chi connectivity index (χ1v) is 12.6. The second kappa shape index (κ2) is 11.0. The number of carbonyl (C=O) groups excluding carboxylic acids is 1. The van der Waals surface area contributed by atoms with Crippen LogP contribution in [0.4, 0.5) is 17.6 Å². The van der Waals surface area contributed by atoms with Gasteiger partial charge in [-0.05, 0) is 84.3 Å². The molecule has 1 atom stereocenters. The molecule has 3 aromatic carbocycles. The number of hydrogen-bond acceptors (Lipinski definition) is 4. The summed E-state index contributed by atoms with van der Waals surface area (Å²) in [6.07, 6.45) is 1.85. The van der Waals surface area contributed by atoms with E-state index in [9.17, 15) is 22.4 Å². The summed E-state index contributed by atoms with van der Waals surface area (Å²) in [5.74, 6) is -1.61. The van der Waals surface area contributed by atoms with Crippen molar-refractivity contribution in [3.05, 3.63) is 88.5 Å². The van der Waals surface area contributed by atoms with Crippen LogP contribution in [0.25, 0.3) is 11.1 Å². The number of nitrogens with one attached hydrogen (secondary N) is 2. The molecular formula is C29H27F4N3O3. The van der Waals surface area contributed by atoms with Crippen molar-refractivity contribution in [1.29, 1.82) is 5.41 Å². The van der Waals surface area contributed by atoms with Gasteiger partial charge in [0, 0.05) is 23.7 Å². The van der Waals surface area contributed by atoms with Gasteiger partial charge in [0.1, 0.15) is 24.0 Å². The predicted molar refractivity (Wildman–Crippen MR) is 137 cm³/mol. The van der Waals surface area contributed by atoms with E-state index in [1.807, 2.05) is 0 Å². The molecule has 1 saturated carbocycles. The standard InChI is InChI=1S/C29H27F4N3O3/c1-16-10-19(4-7-24(16)31)26(18-2-3-18)35-27(37)21-12-17(15-36-8-9-38-29(36)34)11-20(13-21)23-6-5-22(30)14-25(23)39-28(32)33/h4-7,10-14,18,26,28,34H,2-3,8-9,15H2,1H3,(H,35,37)/t26-/m0/s1. The van der Waals surface area contributed by atoms with Crippen LogP contribution in [-0.4, -0.2) is 36.6 Å². The first kappa shape index (κ1) is 26.5. The third-order valence-corrected chi connectivity index (χ3v) is 6.91. The van der Waals surface area contributed by atoms with Crippen LogP contribution in [0.2, 0.25) is 0 Å². The second-order valence-corrected chi connectivity index (χ2v) is 9.81. The van der Waals surface area contributed by atoms with Crippen molar-refractivity contribution < 1.29 is 31.8 Å². The minimum Gasteiger partial charge on any atom is -0.463 e. The van der Waals surface area contributed by atoms with Crippen LogP contribution in [0.3, 0.4) is 0 Å². The van der Waals surface area contributed by atoms with Crippen LogP contribution >= 0.6 is 0 Å². The van der Waals surface area contributed by atoms with Crippen molar-refractivity contribution in [3.8, 4) is 16.9 Å². The van der Waals surface area contributed by atoms with Crippen molar-refractivity contribution in [2.45, 2.75) is 39.0 Å². The summed E-state index contributed by atoms with van der Waals surface area (Å²) >= 11 is 0. The smallest absolute Gasteiger partial charge is 0.387 e. The van der Waals surface area contributed by atoms with Crippen LogP contribution in [0, 0.1) is 29.9 Å². The average Bonchev–Trinajstić information content (AvgIpc) is 3.65. The highest BCUT2D eigenvalue weighted by molar-refractivity contribution is 5.96. The number of aryl methyl sites for hydroxylation is 1. The Hall–Kier alpha value is -4.08. The van der Waals surface area contributed by atoms with Gasteiger partial charge in [0.15, 0.2) is 0 Å². The highest BCUT2D eigenvalue weighted by atomic mass is 19.3. The van der Waals surface area contributed by atoms with Crippen molar-refractivity contribution >= 4 is 11.9 Å². The Morgan fingerprint density at radius 2 is 1.92 bits per heavy atom. The number of hydrogen-bond donors (Lipinski definition) is 2. The highest BCUT2D eigenvalue weighted by Gasteiger charge is 2.34. The number of nitrogens with zero attached hydrogens (tertiary/aromatic N) is 1. The van der Waals surface area contributed by atoms with E-state index in [0.717, 1.165) is 30.5 Å². The van der Waals surface area contributed by atoms with Crippen molar-refractivity contribution in [1.82, 2.24) is 10.2 Å². The van der Waals surface area contributed by atoms with Gasteiger partial charge in [-0.2, -0.15) is 8.78 Å². The Bertz CT molecular complexity index is 1410. The molecule has 1 saturated heterocycles. The molecule has 0 bridgehead atoms. The van der Waals surface area contributed by atoms with E-state index in [1.54, 1.807) is 36.1 Å². The SMILES string of the molecule is Cc1cc([C@@H](NC(=O)c2cc(CN3CCOC3=N)cc(-c3ccc(F)cc3OC(F)F)c2)C2CC2)ccc1F. The number of ether oxygens (including phenoxy) is 2. The third-order valence-electron chi connectivity index (χ3n) is 6.91. The van der Waals surface area contributed by atoms with Crippen molar-refractivity contribution in [2.24, 2.45) is 5.92 Å². The summed E-state index contributed by atoms with van der Waals surface area (Å²) in [5.41, 5.74) is 2.73. The minimum atomic E-state index is -3.17. The van der Waals surface area contributed by atoms with E-state index in [-0.39, 0.29) is 47.2 Å². The molecular weight excluding hydrogens is 514 g/mol. The number of carbonyl (C=O) groups is 1. The lowest BCUT2D eigenvalue weighted by Gasteiger charge is -2.21. The lowest BCUT2D eigenvalue weighted by molar-refractivity contribution is -0.0496. The number of benzene rings is 3. The maximum absolute atomic E-state index is 13.9. The number of rotatable bonds is 9. The fraction of sp³-hybridized carbons (Fsp3) is 0.310. The Balaban J connectivity index is 1.51. The number of amidine groups is 1. The summed E-state index contributed by atoms with van der Waals surface area (Å²) in [4.78, 5) is 15.3. The number of amides is 1. The fourth-order valence-corrected chi connectivity index (χ4v) is 4.80. The zero-order valence-corrected chi connectivity index (χ0v) is 21.1. The van der Waals surface area contributed by atoms with Crippen molar-refractivity contribution in [2.75, 3.05) is 13.2 Å². The summed E-state index contributed by atoms with van der Waals surface area (Å²) in [7, 11) is 0. The molecule has 39 heavy (non-hydrogen) atoms. The van der Waals surface area contributed by atoms with Crippen LogP contribution in [-0.2, 0) is 11.3 Å². The predicted octanol–water partition coefficient (Wildman–Crippen LogP) is 6.19. The molecule has 0 spiro atoms. The van der Waals surface area contributed by atoms with E-state index in [2.05, 4.69) is 10.1 Å². The Kier molecular flexibility index (Phi) is 7.45. The van der Waals surface area contributed by atoms with Gasteiger partial charge in [-0.25, -0.2) is 8.78 Å². The molecule has 1 heterocycles. The van der Waals surface area contributed by atoms with E-state index in [4.69, 9.17) is 10.1 Å². The third kappa shape index (κ3) is 6.16. The normalized spacial score (nSPS) is 15.8. The number of halogens is 4. The molecule has 2 fully saturated rings. The van der Waals surface area contributed by atoms with Crippen LogP contribution < -0.4 is 10.1 Å². The molecule has 5 rings (SSSR count). The summed E-state index contributed by atoms with van der Waals surface area (Å²) < 4.78 is 63.8. The largest absolute Gasteiger partial charge is 0.463 e. The molecule has 3 aromatic rings. The lowest BCUT2D eigenvalue weighted by atomic mass is 9.96. The van der Waals surface area contributed by atoms with Crippen molar-refractivity contribution in [3.63, 3.8) is 0 Å². The molecule has 204 valence electrons. The highest BCUT2D eigenvalue weighted by Crippen LogP contribution is 2.41. The average molecular weight is 542 g/mol. The summed E-state index contributed by atoms with van der Waals surface area (Å²) in [6.45, 7) is -0.424. The molecule has 1 aliphatic carbocycles. The van der Waals surface area contributed by atoms with Gasteiger partial charge in [-0.15, -0.1) is 0 Å². The monoisotopic (exact) mass is 541 g/mol. The molecule has 10 heteroatoms. The van der Waals surface area contributed by atoms with Crippen LogP contribution in [0.1, 0.15) is 45.9 Å². The Morgan fingerprint density at radius 3 is 2.59 bits per heavy atom. The fourth-order valence-electron chi connectivity index (χ4n) is 4.80. The molecule has 0 aromatic heterocycles. The van der Waals surface area contributed by atoms with Gasteiger partial charge in [-0.3, -0.25) is 10.2 Å². The van der Waals surface area contributed by atoms with Gasteiger partial charge in [0.05, 0.1) is 12.6 Å². The molecule has 1 aliphatic heterocycles. The van der Waals surface area contributed by atoms with Gasteiger partial charge in [0.2, 0.25) is 0 Å². The molecule has 0 unspecified atom stereocenters. The molecule has 0 radical (unpaired) electrons. The van der Waals surface area contributed by atoms with E-state index in [0.29, 0.717) is 29.8 Å². The van der Waals surface area contributed by atoms with Crippen LogP contribution in [0.15, 0.2) is 54.6 Å². The molecule has 1 amide bonds. The number of alkyl halides is 2. The van der Waals surface area contributed by atoms with E-state index >= 15 is 0 Å². The van der Waals surface area contributed by atoms with Gasteiger partial charge in [-0.1, -0.05) is 12.1 Å². The van der Waals surface area contributed by atoms with E-state index in [1.165, 1.54) is 18.2 Å². The minimum absolute atomic E-state index is 0.00427. The molecule has 2 aliphatic rings. The zero-order chi connectivity index (χ0) is 27.7. The second-order valence-electron chi connectivity index (χ2n) is 9.81. The summed E-state index contributed by atoms with van der Waals surface area (Å²) in [5, 5.41) is 11.0. The Labute approximate surface area is 223 Å². The quantitative estimate of drug-likeness (QED) is 0.317. The topological polar surface area (TPSA) is 74.7 Å². The lowest BCUT2D eigenvalue weighted by Crippen LogP contribution is -2.30. The Morgan fingerprint density at radius 1 is 1.13 bits per heavy atom. The molecule has 2 N–H and O–H groups in total. The van der Waals surface area contributed by atoms with Crippen LogP contribution in [0.5, 0.6) is 5.75 Å². The summed E-state index contributed by atoms with van der Waals surface area (Å²) in [6, 6.07) is 12.7. The first-order chi connectivity index (χ1) is 18.7. The first-order valence-electron chi connectivity index (χ1n) is 12.6. The zero-order valence-electron chi connectivity index (χ0n) is 21.1. The maximum atomic E-state index is 13.9. The molecule has 6 nitrogen and oxygen atoms in total. The van der Waals surface area contributed by atoms with Gasteiger partial charge >= 0.3 is 6.61 Å². The maximum Gasteiger partial charge on any atom is 0.387 e. The van der Waals surface area contributed by atoms with Gasteiger partial charge < -0.3 is 19.7 Å². The van der Waals surface area contributed by atoms with E-state index < -0.39 is 18.3 Å². The van der Waals surface area contributed by atoms with Gasteiger partial charge in [0.25, 0.3) is 11.9 Å².